The number of nitrogens with two attached hydrogens (primary N) is 1. The number of nitriles is 1. The zero-order chi connectivity index (χ0) is 18.8. The summed E-state index contributed by atoms with van der Waals surface area (Å²) in [5, 5.41) is 14.5. The molecule has 0 radical (unpaired) electrons. The molecule has 3 N–H and O–H groups in total. The first-order valence-electron chi connectivity index (χ1n) is 8.97. The molecular formula is C18H20N8O. The number of carbonyl (C=O) groups is 1. The minimum Gasteiger partial charge on any atom is -0.275 e. The second-order valence-electron chi connectivity index (χ2n) is 6.78. The van der Waals surface area contributed by atoms with Crippen LogP contribution in [0.5, 0.6) is 0 Å². The van der Waals surface area contributed by atoms with Crippen LogP contribution in [0.2, 0.25) is 0 Å². The topological polar surface area (TPSA) is 127 Å². The highest BCUT2D eigenvalue weighted by Crippen LogP contribution is 2.36. The number of hydrazine groups is 1. The summed E-state index contributed by atoms with van der Waals surface area (Å²) in [4.78, 5) is 20.4. The second-order valence-corrected chi connectivity index (χ2v) is 6.78. The van der Waals surface area contributed by atoms with Crippen molar-refractivity contribution >= 4 is 17.1 Å². The van der Waals surface area contributed by atoms with E-state index >= 15 is 0 Å². The highest BCUT2D eigenvalue weighted by Gasteiger charge is 2.27. The molecule has 0 saturated heterocycles. The fraction of sp³-hybridized carbons (Fsp3) is 0.389. The van der Waals surface area contributed by atoms with E-state index in [1.54, 1.807) is 18.5 Å². The maximum atomic E-state index is 11.9. The number of rotatable bonds is 4. The number of amides is 1. The van der Waals surface area contributed by atoms with E-state index in [-0.39, 0.29) is 6.04 Å². The normalized spacial score (nSPS) is 15.7. The van der Waals surface area contributed by atoms with Crippen LogP contribution in [0.4, 0.5) is 4.79 Å². The van der Waals surface area contributed by atoms with Crippen molar-refractivity contribution in [3.63, 3.8) is 0 Å². The Hall–Kier alpha value is -3.25. The van der Waals surface area contributed by atoms with E-state index in [1.807, 2.05) is 10.9 Å². The summed E-state index contributed by atoms with van der Waals surface area (Å²) in [7, 11) is 0. The molecule has 0 bridgehead atoms. The number of aromatic nitrogens is 5. The molecule has 3 aromatic rings. The van der Waals surface area contributed by atoms with Crippen LogP contribution in [-0.4, -0.2) is 30.3 Å². The van der Waals surface area contributed by atoms with E-state index in [9.17, 15) is 10.1 Å². The number of fused-ring (bicyclic) bond motifs is 1. The number of nitrogens with one attached hydrogen (secondary N) is 1. The molecule has 1 amide bonds. The first-order chi connectivity index (χ1) is 13.2. The van der Waals surface area contributed by atoms with Crippen LogP contribution in [0.3, 0.4) is 0 Å². The van der Waals surface area contributed by atoms with Crippen LogP contribution < -0.4 is 11.3 Å². The maximum absolute atomic E-state index is 11.9. The molecule has 4 rings (SSSR count). The minimum absolute atomic E-state index is 0.0798. The van der Waals surface area contributed by atoms with Gasteiger partial charge in [0.1, 0.15) is 6.33 Å². The molecule has 0 aliphatic heterocycles. The summed E-state index contributed by atoms with van der Waals surface area (Å²) < 4.78 is 3.23. The summed E-state index contributed by atoms with van der Waals surface area (Å²) in [6.45, 7) is 0. The molecule has 1 aliphatic rings. The number of nitrogen functional groups attached to an aromatic ring is 1. The molecular weight excluding hydrogens is 344 g/mol. The summed E-state index contributed by atoms with van der Waals surface area (Å²) in [5.74, 6) is 5.71. The van der Waals surface area contributed by atoms with E-state index in [0.29, 0.717) is 23.7 Å². The zero-order valence-electron chi connectivity index (χ0n) is 14.7. The van der Waals surface area contributed by atoms with Crippen LogP contribution in [0.15, 0.2) is 31.0 Å². The third-order valence-electron chi connectivity index (χ3n) is 5.28. The lowest BCUT2D eigenvalue weighted by Gasteiger charge is -2.21. The van der Waals surface area contributed by atoms with Crippen molar-refractivity contribution in [3.8, 4) is 17.3 Å². The molecule has 138 valence electrons. The molecule has 9 nitrogen and oxygen atoms in total. The Bertz CT molecular complexity index is 1010. The highest BCUT2D eigenvalue weighted by molar-refractivity contribution is 5.96. The molecule has 0 unspecified atom stereocenters. The molecule has 27 heavy (non-hydrogen) atoms. The molecule has 3 aromatic heterocycles. The van der Waals surface area contributed by atoms with Crippen LogP contribution in [0.1, 0.15) is 38.1 Å². The predicted molar refractivity (Wildman–Crippen MR) is 98.1 cm³/mol. The van der Waals surface area contributed by atoms with Gasteiger partial charge in [0.05, 0.1) is 30.4 Å². The Morgan fingerprint density at radius 3 is 2.96 bits per heavy atom. The summed E-state index contributed by atoms with van der Waals surface area (Å²) in [6.07, 6.45) is 11.8. The average molecular weight is 364 g/mol. The van der Waals surface area contributed by atoms with Gasteiger partial charge in [-0.2, -0.15) is 10.4 Å². The maximum Gasteiger partial charge on any atom is 0.341 e. The summed E-state index contributed by atoms with van der Waals surface area (Å²) in [5.41, 5.74) is 4.09. The molecule has 1 aliphatic carbocycles. The monoisotopic (exact) mass is 364 g/mol. The van der Waals surface area contributed by atoms with E-state index < -0.39 is 6.03 Å². The van der Waals surface area contributed by atoms with Crippen molar-refractivity contribution < 1.29 is 4.79 Å². The fourth-order valence-corrected chi connectivity index (χ4v) is 3.97. The Kier molecular flexibility index (Phi) is 4.56. The van der Waals surface area contributed by atoms with E-state index in [4.69, 9.17) is 5.84 Å². The lowest BCUT2D eigenvalue weighted by atomic mass is 9.96. The first kappa shape index (κ1) is 17.2. The lowest BCUT2D eigenvalue weighted by molar-refractivity contribution is 0.243. The quantitative estimate of drug-likeness (QED) is 0.415. The van der Waals surface area contributed by atoms with Crippen molar-refractivity contribution in [2.45, 2.75) is 38.1 Å². The Balaban J connectivity index is 1.72. The van der Waals surface area contributed by atoms with Gasteiger partial charge in [0.15, 0.2) is 5.65 Å². The minimum atomic E-state index is -0.472. The number of nitrogens with zero attached hydrogens (tertiary/aromatic N) is 6. The van der Waals surface area contributed by atoms with Crippen molar-refractivity contribution in [2.24, 2.45) is 11.8 Å². The third-order valence-corrected chi connectivity index (χ3v) is 5.28. The summed E-state index contributed by atoms with van der Waals surface area (Å²) >= 11 is 0. The molecule has 0 spiro atoms. The summed E-state index contributed by atoms with van der Waals surface area (Å²) in [6, 6.07) is 3.68. The standard InChI is InChI=1S/C18H20N8O/c19-7-5-15(12-3-1-2-4-12)26-10-13(9-23-26)16-14-6-8-25(18(27)24-20)17(14)22-11-21-16/h6,8-12,15H,1-5,20H2,(H,24,27)/t15-/m1/s1. The van der Waals surface area contributed by atoms with E-state index in [1.165, 1.54) is 23.7 Å². The Labute approximate surface area is 155 Å². The van der Waals surface area contributed by atoms with Crippen LogP contribution in [0, 0.1) is 17.2 Å². The zero-order valence-corrected chi connectivity index (χ0v) is 14.7. The van der Waals surface area contributed by atoms with Crippen molar-refractivity contribution in [2.75, 3.05) is 0 Å². The Morgan fingerprint density at radius 1 is 1.41 bits per heavy atom. The molecule has 3 heterocycles. The predicted octanol–water partition coefficient (Wildman–Crippen LogP) is 2.37. The van der Waals surface area contributed by atoms with Gasteiger partial charge in [-0.15, -0.1) is 0 Å². The fourth-order valence-electron chi connectivity index (χ4n) is 3.97. The van der Waals surface area contributed by atoms with Crippen molar-refractivity contribution in [3.05, 3.63) is 31.0 Å². The highest BCUT2D eigenvalue weighted by atomic mass is 16.2. The molecule has 9 heteroatoms. The van der Waals surface area contributed by atoms with Gasteiger partial charge in [0.25, 0.3) is 0 Å². The average Bonchev–Trinajstić information content (AvgIpc) is 3.45. The number of hydrogen-bond donors (Lipinski definition) is 2. The van der Waals surface area contributed by atoms with Gasteiger partial charge in [0, 0.05) is 23.3 Å². The smallest absolute Gasteiger partial charge is 0.275 e. The second kappa shape index (κ2) is 7.17. The van der Waals surface area contributed by atoms with Gasteiger partial charge in [0.2, 0.25) is 0 Å². The van der Waals surface area contributed by atoms with Crippen molar-refractivity contribution in [1.29, 1.82) is 5.26 Å². The Morgan fingerprint density at radius 2 is 2.22 bits per heavy atom. The number of carbonyl (C=O) groups excluding carboxylic acids is 1. The SMILES string of the molecule is N#CC[C@H](C1CCCC1)n1cc(-c2ncnc3c2ccn3C(=O)NN)cn1. The third kappa shape index (κ3) is 3.04. The lowest BCUT2D eigenvalue weighted by Crippen LogP contribution is -2.33. The number of hydrogen-bond acceptors (Lipinski definition) is 6. The van der Waals surface area contributed by atoms with Gasteiger partial charge in [-0.25, -0.2) is 20.6 Å². The van der Waals surface area contributed by atoms with Crippen LogP contribution in [-0.2, 0) is 0 Å². The van der Waals surface area contributed by atoms with Crippen LogP contribution in [0.25, 0.3) is 22.3 Å². The van der Waals surface area contributed by atoms with Gasteiger partial charge >= 0.3 is 6.03 Å². The molecule has 0 aromatic carbocycles. The van der Waals surface area contributed by atoms with E-state index in [2.05, 4.69) is 26.6 Å². The van der Waals surface area contributed by atoms with Gasteiger partial charge in [-0.3, -0.25) is 14.7 Å². The first-order valence-corrected chi connectivity index (χ1v) is 8.97. The van der Waals surface area contributed by atoms with Gasteiger partial charge in [-0.1, -0.05) is 12.8 Å². The van der Waals surface area contributed by atoms with E-state index in [0.717, 1.165) is 23.8 Å². The molecule has 1 saturated carbocycles. The van der Waals surface area contributed by atoms with Gasteiger partial charge in [-0.05, 0) is 24.8 Å². The van der Waals surface area contributed by atoms with Crippen molar-refractivity contribution in [1.82, 2.24) is 29.7 Å². The van der Waals surface area contributed by atoms with Gasteiger partial charge < -0.3 is 0 Å². The largest absolute Gasteiger partial charge is 0.341 e. The van der Waals surface area contributed by atoms with Crippen LogP contribution >= 0.6 is 0 Å². The molecule has 1 atom stereocenters. The molecule has 1 fully saturated rings.